The van der Waals surface area contributed by atoms with Crippen molar-refractivity contribution in [1.29, 1.82) is 0 Å². The molecule has 0 saturated heterocycles. The molecule has 3 rings (SSSR count). The van der Waals surface area contributed by atoms with E-state index in [0.29, 0.717) is 12.0 Å². The molecule has 0 aliphatic heterocycles. The third kappa shape index (κ3) is 4.97. The van der Waals surface area contributed by atoms with Crippen LogP contribution in [0.2, 0.25) is 0 Å². The van der Waals surface area contributed by atoms with Crippen molar-refractivity contribution >= 4 is 22.7 Å². The lowest BCUT2D eigenvalue weighted by Crippen LogP contribution is -2.50. The Morgan fingerprint density at radius 2 is 1.75 bits per heavy atom. The van der Waals surface area contributed by atoms with Crippen molar-refractivity contribution in [2.24, 2.45) is 0 Å². The monoisotopic (exact) mass is 381 g/mol. The van der Waals surface area contributed by atoms with Crippen molar-refractivity contribution in [2.75, 3.05) is 0 Å². The highest BCUT2D eigenvalue weighted by molar-refractivity contribution is 5.90. The van der Waals surface area contributed by atoms with Gasteiger partial charge in [-0.1, -0.05) is 30.3 Å². The highest BCUT2D eigenvalue weighted by Crippen LogP contribution is 2.19. The van der Waals surface area contributed by atoms with Gasteiger partial charge in [-0.15, -0.1) is 0 Å². The lowest BCUT2D eigenvalue weighted by atomic mass is 10.0. The normalized spacial score (nSPS) is 12.1. The van der Waals surface area contributed by atoms with Gasteiger partial charge in [0.05, 0.1) is 6.42 Å². The van der Waals surface area contributed by atoms with Crippen LogP contribution >= 0.6 is 0 Å². The number of amides is 2. The van der Waals surface area contributed by atoms with Crippen LogP contribution in [0.1, 0.15) is 25.0 Å². The smallest absolute Gasteiger partial charge is 0.243 e. The quantitative estimate of drug-likeness (QED) is 0.588. The Morgan fingerprint density at radius 3 is 2.46 bits per heavy atom. The summed E-state index contributed by atoms with van der Waals surface area (Å²) < 4.78 is 13.0. The van der Waals surface area contributed by atoms with Crippen LogP contribution in [-0.4, -0.2) is 28.9 Å². The van der Waals surface area contributed by atoms with Gasteiger partial charge in [-0.3, -0.25) is 9.59 Å². The molecule has 0 saturated carbocycles. The van der Waals surface area contributed by atoms with Gasteiger partial charge in [0.1, 0.15) is 11.9 Å². The number of fused-ring (bicyclic) bond motifs is 1. The maximum atomic E-state index is 13.0. The molecule has 2 aromatic carbocycles. The number of benzene rings is 2. The summed E-state index contributed by atoms with van der Waals surface area (Å²) in [4.78, 5) is 28.4. The Bertz CT molecular complexity index is 963. The van der Waals surface area contributed by atoms with Gasteiger partial charge in [0.25, 0.3) is 0 Å². The molecule has 3 aromatic rings. The predicted molar refractivity (Wildman–Crippen MR) is 107 cm³/mol. The molecule has 1 heterocycles. The van der Waals surface area contributed by atoms with E-state index in [1.807, 2.05) is 44.3 Å². The lowest BCUT2D eigenvalue weighted by molar-refractivity contribution is -0.129. The third-order valence-electron chi connectivity index (χ3n) is 4.46. The topological polar surface area (TPSA) is 74.0 Å². The summed E-state index contributed by atoms with van der Waals surface area (Å²) in [6, 6.07) is 12.9. The van der Waals surface area contributed by atoms with E-state index in [1.165, 1.54) is 12.1 Å². The summed E-state index contributed by atoms with van der Waals surface area (Å²) in [5, 5.41) is 6.72. The third-order valence-corrected chi connectivity index (χ3v) is 4.46. The summed E-state index contributed by atoms with van der Waals surface area (Å²) in [5.74, 6) is -0.860. The highest BCUT2D eigenvalue weighted by atomic mass is 19.1. The van der Waals surface area contributed by atoms with Crippen LogP contribution < -0.4 is 10.6 Å². The van der Waals surface area contributed by atoms with Crippen LogP contribution in [0.25, 0.3) is 10.9 Å². The highest BCUT2D eigenvalue weighted by Gasteiger charge is 2.23. The van der Waals surface area contributed by atoms with Crippen LogP contribution in [0.3, 0.4) is 0 Å². The number of nitrogens with one attached hydrogen (secondary N) is 3. The Balaban J connectivity index is 1.75. The number of carbonyl (C=O) groups excluding carboxylic acids is 2. The average molecular weight is 381 g/mol. The van der Waals surface area contributed by atoms with Crippen LogP contribution in [0.15, 0.2) is 54.7 Å². The lowest BCUT2D eigenvalue weighted by Gasteiger charge is -2.20. The number of H-pyrrole nitrogens is 1. The maximum absolute atomic E-state index is 13.0. The second kappa shape index (κ2) is 8.69. The Labute approximate surface area is 163 Å². The second-order valence-corrected chi connectivity index (χ2v) is 7.15. The van der Waals surface area contributed by atoms with Gasteiger partial charge >= 0.3 is 0 Å². The first-order valence-corrected chi connectivity index (χ1v) is 9.31. The molecule has 0 spiro atoms. The predicted octanol–water partition coefficient (Wildman–Crippen LogP) is 3.10. The Morgan fingerprint density at radius 1 is 1.04 bits per heavy atom. The minimum absolute atomic E-state index is 0.0352. The fourth-order valence-electron chi connectivity index (χ4n) is 3.15. The molecule has 1 atom stereocenters. The van der Waals surface area contributed by atoms with Crippen molar-refractivity contribution in [3.63, 3.8) is 0 Å². The minimum Gasteiger partial charge on any atom is -0.361 e. The molecule has 0 bridgehead atoms. The molecule has 5 nitrogen and oxygen atoms in total. The molecule has 1 aromatic heterocycles. The first-order chi connectivity index (χ1) is 13.4. The summed E-state index contributed by atoms with van der Waals surface area (Å²) in [5.41, 5.74) is 2.63. The number of aromatic amines is 1. The summed E-state index contributed by atoms with van der Waals surface area (Å²) in [6.07, 6.45) is 2.32. The zero-order valence-corrected chi connectivity index (χ0v) is 16.0. The Kier molecular flexibility index (Phi) is 6.09. The van der Waals surface area contributed by atoms with Crippen LogP contribution in [0.4, 0.5) is 4.39 Å². The van der Waals surface area contributed by atoms with Crippen LogP contribution in [0.5, 0.6) is 0 Å². The number of hydrogen-bond acceptors (Lipinski definition) is 2. The Hall–Kier alpha value is -3.15. The zero-order valence-electron chi connectivity index (χ0n) is 16.0. The molecular formula is C22H24FN3O2. The molecule has 6 heteroatoms. The SMILES string of the molecule is CC(C)NC(=O)[C@H](Cc1c[nH]c2ccccc12)NC(=O)Cc1ccc(F)cc1. The molecule has 0 aliphatic carbocycles. The van der Waals surface area contributed by atoms with E-state index >= 15 is 0 Å². The molecule has 146 valence electrons. The van der Waals surface area contributed by atoms with E-state index in [9.17, 15) is 14.0 Å². The van der Waals surface area contributed by atoms with Crippen molar-refractivity contribution in [2.45, 2.75) is 38.8 Å². The maximum Gasteiger partial charge on any atom is 0.243 e. The van der Waals surface area contributed by atoms with E-state index in [4.69, 9.17) is 0 Å². The van der Waals surface area contributed by atoms with Crippen molar-refractivity contribution in [3.8, 4) is 0 Å². The summed E-state index contributed by atoms with van der Waals surface area (Å²) >= 11 is 0. The molecule has 3 N–H and O–H groups in total. The molecule has 2 amide bonds. The van der Waals surface area contributed by atoms with Gasteiger partial charge in [-0.2, -0.15) is 0 Å². The number of rotatable bonds is 7. The van der Waals surface area contributed by atoms with E-state index in [-0.39, 0.29) is 30.1 Å². The number of carbonyl (C=O) groups is 2. The largest absolute Gasteiger partial charge is 0.361 e. The fourth-order valence-corrected chi connectivity index (χ4v) is 3.15. The van der Waals surface area contributed by atoms with Crippen LogP contribution in [0, 0.1) is 5.82 Å². The van der Waals surface area contributed by atoms with Crippen molar-refractivity contribution < 1.29 is 14.0 Å². The molecule has 0 radical (unpaired) electrons. The van der Waals surface area contributed by atoms with Crippen molar-refractivity contribution in [3.05, 3.63) is 71.7 Å². The van der Waals surface area contributed by atoms with Gasteiger partial charge in [-0.05, 0) is 43.2 Å². The van der Waals surface area contributed by atoms with E-state index in [0.717, 1.165) is 16.5 Å². The molecule has 0 unspecified atom stereocenters. The zero-order chi connectivity index (χ0) is 20.1. The van der Waals surface area contributed by atoms with E-state index in [1.54, 1.807) is 12.1 Å². The minimum atomic E-state index is -0.699. The number of para-hydroxylation sites is 1. The number of aromatic nitrogens is 1. The number of hydrogen-bond donors (Lipinski definition) is 3. The van der Waals surface area contributed by atoms with Gasteiger partial charge in [0.15, 0.2) is 0 Å². The first kappa shape index (κ1) is 19.6. The van der Waals surface area contributed by atoms with E-state index < -0.39 is 6.04 Å². The van der Waals surface area contributed by atoms with E-state index in [2.05, 4.69) is 15.6 Å². The molecule has 28 heavy (non-hydrogen) atoms. The fraction of sp³-hybridized carbons (Fsp3) is 0.273. The van der Waals surface area contributed by atoms with Gasteiger partial charge in [-0.25, -0.2) is 4.39 Å². The summed E-state index contributed by atoms with van der Waals surface area (Å²) in [7, 11) is 0. The molecule has 0 fully saturated rings. The first-order valence-electron chi connectivity index (χ1n) is 9.31. The van der Waals surface area contributed by atoms with Crippen LogP contribution in [-0.2, 0) is 22.4 Å². The molecule has 0 aliphatic rings. The van der Waals surface area contributed by atoms with Gasteiger partial charge in [0.2, 0.25) is 11.8 Å². The standard InChI is InChI=1S/C22H24FN3O2/c1-14(2)25-22(28)20(12-16-13-24-19-6-4-3-5-18(16)19)26-21(27)11-15-7-9-17(23)10-8-15/h3-10,13-14,20,24H,11-12H2,1-2H3,(H,25,28)(H,26,27)/t20-/m0/s1. The summed E-state index contributed by atoms with van der Waals surface area (Å²) in [6.45, 7) is 3.75. The second-order valence-electron chi connectivity index (χ2n) is 7.15. The molecular weight excluding hydrogens is 357 g/mol. The van der Waals surface area contributed by atoms with Gasteiger partial charge < -0.3 is 15.6 Å². The number of halogens is 1. The van der Waals surface area contributed by atoms with Gasteiger partial charge in [0, 0.05) is 29.6 Å². The van der Waals surface area contributed by atoms with Crippen molar-refractivity contribution in [1.82, 2.24) is 15.6 Å². The average Bonchev–Trinajstić information content (AvgIpc) is 3.05.